The number of rotatable bonds is 3. The molecule has 0 bridgehead atoms. The van der Waals surface area contributed by atoms with Crippen LogP contribution in [-0.4, -0.2) is 37.2 Å². The molecule has 2 unspecified atom stereocenters. The highest BCUT2D eigenvalue weighted by molar-refractivity contribution is 7.10. The zero-order valence-electron chi connectivity index (χ0n) is 9.00. The number of thiophene rings is 1. The highest BCUT2D eigenvalue weighted by atomic mass is 32.1. The van der Waals surface area contributed by atoms with Gasteiger partial charge in [-0.1, -0.05) is 6.07 Å². The van der Waals surface area contributed by atoms with Crippen molar-refractivity contribution in [3.63, 3.8) is 0 Å². The van der Waals surface area contributed by atoms with Crippen LogP contribution in [0, 0.1) is 11.3 Å². The van der Waals surface area contributed by atoms with E-state index in [1.165, 1.54) is 4.88 Å². The van der Waals surface area contributed by atoms with Gasteiger partial charge in [-0.3, -0.25) is 4.90 Å². The first-order chi connectivity index (χ1) is 7.85. The maximum absolute atomic E-state index is 8.86. The van der Waals surface area contributed by atoms with Gasteiger partial charge in [-0.15, -0.1) is 11.3 Å². The van der Waals surface area contributed by atoms with Gasteiger partial charge in [0.1, 0.15) is 0 Å². The van der Waals surface area contributed by atoms with E-state index in [9.17, 15) is 0 Å². The highest BCUT2D eigenvalue weighted by Crippen LogP contribution is 2.25. The first-order valence-electron chi connectivity index (χ1n) is 5.34. The fourth-order valence-electron chi connectivity index (χ4n) is 1.96. The molecule has 0 aromatic carbocycles. The van der Waals surface area contributed by atoms with Crippen molar-refractivity contribution in [1.82, 2.24) is 4.90 Å². The van der Waals surface area contributed by atoms with E-state index in [0.29, 0.717) is 19.7 Å². The van der Waals surface area contributed by atoms with E-state index >= 15 is 0 Å². The van der Waals surface area contributed by atoms with Gasteiger partial charge in [-0.2, -0.15) is 5.26 Å². The Labute approximate surface area is 99.2 Å². The lowest BCUT2D eigenvalue weighted by Crippen LogP contribution is -2.45. The Kier molecular flexibility index (Phi) is 3.91. The van der Waals surface area contributed by atoms with Crippen molar-refractivity contribution in [2.24, 2.45) is 5.73 Å². The smallest absolute Gasteiger partial charge is 0.156 e. The third-order valence-corrected chi connectivity index (χ3v) is 3.75. The van der Waals surface area contributed by atoms with Gasteiger partial charge in [0.25, 0.3) is 0 Å². The summed E-state index contributed by atoms with van der Waals surface area (Å²) in [6.45, 7) is 2.69. The first-order valence-corrected chi connectivity index (χ1v) is 6.22. The molecule has 1 aliphatic rings. The minimum atomic E-state index is -0.317. The Morgan fingerprint density at radius 1 is 1.75 bits per heavy atom. The van der Waals surface area contributed by atoms with Crippen LogP contribution in [0.5, 0.6) is 0 Å². The summed E-state index contributed by atoms with van der Waals surface area (Å²) in [4.78, 5) is 3.50. The van der Waals surface area contributed by atoms with Gasteiger partial charge in [0, 0.05) is 24.5 Å². The summed E-state index contributed by atoms with van der Waals surface area (Å²) >= 11 is 1.71. The van der Waals surface area contributed by atoms with E-state index in [2.05, 4.69) is 22.4 Å². The van der Waals surface area contributed by atoms with Gasteiger partial charge in [-0.05, 0) is 11.4 Å². The van der Waals surface area contributed by atoms with Crippen LogP contribution in [0.25, 0.3) is 0 Å². The molecule has 16 heavy (non-hydrogen) atoms. The maximum Gasteiger partial charge on any atom is 0.156 e. The van der Waals surface area contributed by atoms with E-state index in [0.717, 1.165) is 6.54 Å². The molecule has 0 saturated carbocycles. The number of nitrogens with two attached hydrogens (primary N) is 1. The van der Waals surface area contributed by atoms with Crippen LogP contribution in [-0.2, 0) is 4.74 Å². The molecule has 1 aliphatic heterocycles. The molecular weight excluding hydrogens is 222 g/mol. The Hall–Kier alpha value is -0.930. The Morgan fingerprint density at radius 2 is 2.62 bits per heavy atom. The molecule has 86 valence electrons. The maximum atomic E-state index is 8.86. The molecule has 1 aromatic rings. The molecular formula is C11H15N3OS. The summed E-state index contributed by atoms with van der Waals surface area (Å²) in [7, 11) is 0. The molecule has 0 aliphatic carbocycles. The zero-order valence-corrected chi connectivity index (χ0v) is 9.82. The van der Waals surface area contributed by atoms with Crippen LogP contribution in [0.4, 0.5) is 0 Å². The number of morpholine rings is 1. The predicted octanol–water partition coefficient (Wildman–Crippen LogP) is 0.972. The lowest BCUT2D eigenvalue weighted by atomic mass is 10.1. The third kappa shape index (κ3) is 2.42. The predicted molar refractivity (Wildman–Crippen MR) is 63.0 cm³/mol. The van der Waals surface area contributed by atoms with Crippen molar-refractivity contribution in [3.8, 4) is 6.07 Å². The number of hydrogen-bond donors (Lipinski definition) is 1. The highest BCUT2D eigenvalue weighted by Gasteiger charge is 2.26. The second kappa shape index (κ2) is 5.41. The summed E-state index contributed by atoms with van der Waals surface area (Å²) in [5.74, 6) is 0. The summed E-state index contributed by atoms with van der Waals surface area (Å²) < 4.78 is 5.33. The van der Waals surface area contributed by atoms with E-state index in [1.54, 1.807) is 11.3 Å². The van der Waals surface area contributed by atoms with Crippen molar-refractivity contribution >= 4 is 11.3 Å². The van der Waals surface area contributed by atoms with Crippen LogP contribution in [0.3, 0.4) is 0 Å². The van der Waals surface area contributed by atoms with Gasteiger partial charge in [0.15, 0.2) is 6.10 Å². The monoisotopic (exact) mass is 237 g/mol. The second-order valence-electron chi connectivity index (χ2n) is 3.75. The number of nitriles is 1. The molecule has 2 rings (SSSR count). The minimum Gasteiger partial charge on any atom is -0.361 e. The summed E-state index contributed by atoms with van der Waals surface area (Å²) in [6, 6.07) is 6.51. The van der Waals surface area contributed by atoms with Crippen molar-refractivity contribution in [2.75, 3.05) is 26.2 Å². The fraction of sp³-hybridized carbons (Fsp3) is 0.545. The molecule has 0 radical (unpaired) electrons. The SMILES string of the molecule is N#CC1CN(C(CN)c2cccs2)CCO1. The van der Waals surface area contributed by atoms with Gasteiger partial charge in [-0.25, -0.2) is 0 Å². The Bertz CT molecular complexity index is 360. The molecule has 0 amide bonds. The quantitative estimate of drug-likeness (QED) is 0.851. The zero-order chi connectivity index (χ0) is 11.4. The number of nitrogens with zero attached hydrogens (tertiary/aromatic N) is 2. The van der Waals surface area contributed by atoms with Crippen LogP contribution in [0.15, 0.2) is 17.5 Å². The molecule has 4 nitrogen and oxygen atoms in total. The van der Waals surface area contributed by atoms with Crippen LogP contribution < -0.4 is 5.73 Å². The molecule has 2 atom stereocenters. The van der Waals surface area contributed by atoms with Gasteiger partial charge in [0.05, 0.1) is 18.7 Å². The van der Waals surface area contributed by atoms with E-state index < -0.39 is 0 Å². The van der Waals surface area contributed by atoms with Gasteiger partial charge in [0.2, 0.25) is 0 Å². The largest absolute Gasteiger partial charge is 0.361 e. The summed E-state index contributed by atoms with van der Waals surface area (Å²) in [6.07, 6.45) is -0.317. The van der Waals surface area contributed by atoms with Gasteiger partial charge >= 0.3 is 0 Å². The summed E-state index contributed by atoms with van der Waals surface area (Å²) in [5.41, 5.74) is 5.82. The molecule has 0 spiro atoms. The van der Waals surface area contributed by atoms with Crippen molar-refractivity contribution in [1.29, 1.82) is 5.26 Å². The molecule has 1 fully saturated rings. The van der Waals surface area contributed by atoms with E-state index in [1.807, 2.05) is 6.07 Å². The molecule has 2 heterocycles. The van der Waals surface area contributed by atoms with Crippen molar-refractivity contribution < 1.29 is 4.74 Å². The van der Waals surface area contributed by atoms with Gasteiger partial charge < -0.3 is 10.5 Å². The van der Waals surface area contributed by atoms with Crippen molar-refractivity contribution in [2.45, 2.75) is 12.1 Å². The van der Waals surface area contributed by atoms with E-state index in [-0.39, 0.29) is 12.1 Å². The first kappa shape index (κ1) is 11.6. The van der Waals surface area contributed by atoms with Crippen LogP contribution in [0.2, 0.25) is 0 Å². The summed E-state index contributed by atoms with van der Waals surface area (Å²) in [5, 5.41) is 10.9. The Morgan fingerprint density at radius 3 is 3.25 bits per heavy atom. The average molecular weight is 237 g/mol. The number of hydrogen-bond acceptors (Lipinski definition) is 5. The third-order valence-electron chi connectivity index (χ3n) is 2.78. The second-order valence-corrected chi connectivity index (χ2v) is 4.73. The van der Waals surface area contributed by atoms with Crippen molar-refractivity contribution in [3.05, 3.63) is 22.4 Å². The standard InChI is InChI=1S/C11H15N3OS/c12-6-9-8-14(3-4-15-9)10(7-13)11-2-1-5-16-11/h1-2,5,9-10H,3-4,7-8,13H2. The van der Waals surface area contributed by atoms with Crippen LogP contribution >= 0.6 is 11.3 Å². The Balaban J connectivity index is 2.07. The molecule has 2 N–H and O–H groups in total. The number of ether oxygens (including phenoxy) is 1. The lowest BCUT2D eigenvalue weighted by molar-refractivity contribution is -0.0155. The molecule has 1 saturated heterocycles. The molecule has 5 heteroatoms. The average Bonchev–Trinajstić information content (AvgIpc) is 2.84. The normalized spacial score (nSPS) is 23.9. The van der Waals surface area contributed by atoms with Crippen LogP contribution in [0.1, 0.15) is 10.9 Å². The lowest BCUT2D eigenvalue weighted by Gasteiger charge is -2.35. The molecule has 1 aromatic heterocycles. The van der Waals surface area contributed by atoms with E-state index in [4.69, 9.17) is 15.7 Å². The fourth-order valence-corrected chi connectivity index (χ4v) is 2.83. The topological polar surface area (TPSA) is 62.3 Å². The minimum absolute atomic E-state index is 0.222.